The van der Waals surface area contributed by atoms with Gasteiger partial charge in [-0.1, -0.05) is 29.8 Å². The van der Waals surface area contributed by atoms with Crippen LogP contribution in [0, 0.1) is 6.92 Å². The molecule has 2 N–H and O–H groups in total. The minimum absolute atomic E-state index is 0.188. The van der Waals surface area contributed by atoms with E-state index in [1.807, 2.05) is 31.2 Å². The Morgan fingerprint density at radius 3 is 2.57 bits per heavy atom. The van der Waals surface area contributed by atoms with Crippen molar-refractivity contribution in [1.82, 2.24) is 9.78 Å². The van der Waals surface area contributed by atoms with E-state index in [0.717, 1.165) is 11.1 Å². The lowest BCUT2D eigenvalue weighted by Gasteiger charge is -2.09. The van der Waals surface area contributed by atoms with Gasteiger partial charge in [0.25, 0.3) is 0 Å². The van der Waals surface area contributed by atoms with Crippen LogP contribution in [0.15, 0.2) is 24.3 Å². The summed E-state index contributed by atoms with van der Waals surface area (Å²) in [6.07, 6.45) is 0. The molecule has 1 aromatic heterocycles. The van der Waals surface area contributed by atoms with Gasteiger partial charge in [-0.2, -0.15) is 5.10 Å². The fraction of sp³-hybridized carbons (Fsp3) is 0.333. The summed E-state index contributed by atoms with van der Waals surface area (Å²) in [6, 6.07) is 7.96. The summed E-state index contributed by atoms with van der Waals surface area (Å²) >= 11 is 0. The van der Waals surface area contributed by atoms with Crippen LogP contribution in [0.25, 0.3) is 11.1 Å². The maximum absolute atomic E-state index is 10.7. The third-order valence-corrected chi connectivity index (χ3v) is 2.99. The fourth-order valence-corrected chi connectivity index (χ4v) is 2.01. The lowest BCUT2D eigenvalue weighted by atomic mass is 10.1. The summed E-state index contributed by atoms with van der Waals surface area (Å²) in [5.41, 5.74) is 8.82. The van der Waals surface area contributed by atoms with E-state index in [1.165, 1.54) is 12.5 Å². The van der Waals surface area contributed by atoms with Crippen LogP contribution in [0.4, 0.5) is 5.82 Å². The summed E-state index contributed by atoms with van der Waals surface area (Å²) in [5.74, 6) is 0.634. The number of nitrogens with two attached hydrogens (primary N) is 1. The van der Waals surface area contributed by atoms with Crippen LogP contribution >= 0.6 is 0 Å². The summed E-state index contributed by atoms with van der Waals surface area (Å²) in [5, 5.41) is 4.19. The van der Waals surface area contributed by atoms with Crippen molar-refractivity contribution < 1.29 is 14.3 Å². The van der Waals surface area contributed by atoms with Crippen LogP contribution < -0.4 is 10.5 Å². The molecule has 0 aliphatic rings. The van der Waals surface area contributed by atoms with Gasteiger partial charge in [0.1, 0.15) is 13.2 Å². The lowest BCUT2D eigenvalue weighted by molar-refractivity contribution is -0.141. The van der Waals surface area contributed by atoms with Crippen molar-refractivity contribution >= 4 is 11.8 Å². The number of ether oxygens (including phenoxy) is 2. The Morgan fingerprint density at radius 1 is 1.29 bits per heavy atom. The van der Waals surface area contributed by atoms with Crippen molar-refractivity contribution in [1.29, 1.82) is 0 Å². The first-order valence-corrected chi connectivity index (χ1v) is 6.64. The molecule has 1 heterocycles. The fourth-order valence-electron chi connectivity index (χ4n) is 2.01. The maximum Gasteiger partial charge on any atom is 0.302 e. The predicted molar refractivity (Wildman–Crippen MR) is 79.9 cm³/mol. The van der Waals surface area contributed by atoms with Gasteiger partial charge >= 0.3 is 5.97 Å². The first kappa shape index (κ1) is 14.9. The van der Waals surface area contributed by atoms with E-state index < -0.39 is 0 Å². The quantitative estimate of drug-likeness (QED) is 0.672. The highest BCUT2D eigenvalue weighted by molar-refractivity contribution is 5.79. The van der Waals surface area contributed by atoms with Crippen molar-refractivity contribution in [3.63, 3.8) is 0 Å². The summed E-state index contributed by atoms with van der Waals surface area (Å²) in [6.45, 7) is 3.82. The number of nitrogen functional groups attached to an aromatic ring is 1. The van der Waals surface area contributed by atoms with Crippen LogP contribution in [0.5, 0.6) is 5.88 Å². The number of anilines is 1. The third kappa shape index (κ3) is 3.53. The Bertz CT molecular complexity index is 632. The smallest absolute Gasteiger partial charge is 0.302 e. The molecule has 0 saturated heterocycles. The van der Waals surface area contributed by atoms with Gasteiger partial charge in [-0.3, -0.25) is 4.79 Å². The summed E-state index contributed by atoms with van der Waals surface area (Å²) in [4.78, 5) is 10.7. The Labute approximate surface area is 123 Å². The van der Waals surface area contributed by atoms with Gasteiger partial charge in [-0.25, -0.2) is 4.68 Å². The molecule has 0 amide bonds. The highest BCUT2D eigenvalue weighted by Gasteiger charge is 2.17. The van der Waals surface area contributed by atoms with Crippen molar-refractivity contribution in [2.24, 2.45) is 7.05 Å². The van der Waals surface area contributed by atoms with Crippen LogP contribution in [0.2, 0.25) is 0 Å². The molecule has 6 heteroatoms. The largest absolute Gasteiger partial charge is 0.474 e. The van der Waals surface area contributed by atoms with Gasteiger partial charge in [-0.05, 0) is 12.5 Å². The molecule has 21 heavy (non-hydrogen) atoms. The van der Waals surface area contributed by atoms with Gasteiger partial charge in [0, 0.05) is 14.0 Å². The highest BCUT2D eigenvalue weighted by atomic mass is 16.6. The second kappa shape index (κ2) is 6.30. The molecule has 0 radical (unpaired) electrons. The first-order valence-electron chi connectivity index (χ1n) is 6.64. The predicted octanol–water partition coefficient (Wildman–Crippen LogP) is 1.92. The summed E-state index contributed by atoms with van der Waals surface area (Å²) < 4.78 is 12.1. The molecule has 0 spiro atoms. The number of esters is 1. The molecule has 0 saturated carbocycles. The Morgan fingerprint density at radius 2 is 1.95 bits per heavy atom. The van der Waals surface area contributed by atoms with Gasteiger partial charge in [-0.15, -0.1) is 0 Å². The molecule has 0 fully saturated rings. The van der Waals surface area contributed by atoms with Gasteiger partial charge in [0.05, 0.1) is 5.56 Å². The number of hydrogen-bond acceptors (Lipinski definition) is 5. The molecule has 0 bridgehead atoms. The Kier molecular flexibility index (Phi) is 4.47. The molecule has 2 rings (SSSR count). The maximum atomic E-state index is 10.7. The van der Waals surface area contributed by atoms with E-state index >= 15 is 0 Å². The Hall–Kier alpha value is -2.50. The standard InChI is InChI=1S/C15H19N3O3/c1-10-4-6-12(7-5-10)13-14(16)17-18(3)15(13)21-9-8-20-11(2)19/h4-7H,8-9H2,1-3H3,(H2,16,17). The van der Waals surface area contributed by atoms with E-state index in [4.69, 9.17) is 15.2 Å². The van der Waals surface area contributed by atoms with Crippen molar-refractivity contribution in [3.05, 3.63) is 29.8 Å². The zero-order valence-corrected chi connectivity index (χ0v) is 12.4. The van der Waals surface area contributed by atoms with E-state index in [2.05, 4.69) is 5.10 Å². The first-order chi connectivity index (χ1) is 9.99. The average molecular weight is 289 g/mol. The van der Waals surface area contributed by atoms with E-state index in [1.54, 1.807) is 11.7 Å². The van der Waals surface area contributed by atoms with Gasteiger partial charge in [0.15, 0.2) is 5.82 Å². The Balaban J connectivity index is 2.21. The van der Waals surface area contributed by atoms with Gasteiger partial charge < -0.3 is 15.2 Å². The molecule has 0 aliphatic heterocycles. The normalized spacial score (nSPS) is 10.4. The highest BCUT2D eigenvalue weighted by Crippen LogP contribution is 2.34. The van der Waals surface area contributed by atoms with Crippen molar-refractivity contribution in [3.8, 4) is 17.0 Å². The van der Waals surface area contributed by atoms with E-state index in [0.29, 0.717) is 11.7 Å². The number of aromatic nitrogens is 2. The van der Waals surface area contributed by atoms with E-state index in [-0.39, 0.29) is 19.2 Å². The minimum atomic E-state index is -0.332. The zero-order valence-electron chi connectivity index (χ0n) is 12.4. The molecule has 0 unspecified atom stereocenters. The number of nitrogens with zero attached hydrogens (tertiary/aromatic N) is 2. The average Bonchev–Trinajstić information content (AvgIpc) is 2.70. The van der Waals surface area contributed by atoms with Crippen LogP contribution in [0.1, 0.15) is 12.5 Å². The third-order valence-electron chi connectivity index (χ3n) is 2.99. The molecule has 1 aromatic carbocycles. The van der Waals surface area contributed by atoms with Crippen LogP contribution in [-0.2, 0) is 16.6 Å². The SMILES string of the molecule is CC(=O)OCCOc1c(-c2ccc(C)cc2)c(N)nn1C. The lowest BCUT2D eigenvalue weighted by Crippen LogP contribution is -2.11. The monoisotopic (exact) mass is 289 g/mol. The molecule has 0 atom stereocenters. The molecule has 112 valence electrons. The van der Waals surface area contributed by atoms with Crippen LogP contribution in [-0.4, -0.2) is 29.0 Å². The van der Waals surface area contributed by atoms with E-state index in [9.17, 15) is 4.79 Å². The number of aryl methyl sites for hydroxylation is 2. The second-order valence-corrected chi connectivity index (χ2v) is 4.74. The number of benzene rings is 1. The second-order valence-electron chi connectivity index (χ2n) is 4.74. The number of carbonyl (C=O) groups is 1. The van der Waals surface area contributed by atoms with Crippen molar-refractivity contribution in [2.75, 3.05) is 18.9 Å². The molecular formula is C15H19N3O3. The summed E-state index contributed by atoms with van der Waals surface area (Å²) in [7, 11) is 1.76. The number of carbonyl (C=O) groups excluding carboxylic acids is 1. The number of hydrogen-bond donors (Lipinski definition) is 1. The molecule has 0 aliphatic carbocycles. The zero-order chi connectivity index (χ0) is 15.4. The molecule has 2 aromatic rings. The molecule has 6 nitrogen and oxygen atoms in total. The topological polar surface area (TPSA) is 79.4 Å². The number of rotatable bonds is 5. The van der Waals surface area contributed by atoms with Gasteiger partial charge in [0.2, 0.25) is 5.88 Å². The molecular weight excluding hydrogens is 270 g/mol. The van der Waals surface area contributed by atoms with Crippen molar-refractivity contribution in [2.45, 2.75) is 13.8 Å². The minimum Gasteiger partial charge on any atom is -0.474 e. The van der Waals surface area contributed by atoms with Crippen LogP contribution in [0.3, 0.4) is 0 Å².